The maximum Gasteiger partial charge on any atom is 0.244 e. The van der Waals surface area contributed by atoms with Gasteiger partial charge < -0.3 is 10.2 Å². The third kappa shape index (κ3) is 7.62. The Hall–Kier alpha value is -2.29. The molecule has 0 fully saturated rings. The molecule has 0 saturated carbocycles. The maximum absolute atomic E-state index is 13.5. The van der Waals surface area contributed by atoms with Crippen molar-refractivity contribution in [1.29, 1.82) is 0 Å². The number of halogens is 2. The van der Waals surface area contributed by atoms with Gasteiger partial charge in [-0.1, -0.05) is 61.3 Å². The van der Waals surface area contributed by atoms with E-state index < -0.39 is 28.5 Å². The van der Waals surface area contributed by atoms with E-state index in [0.29, 0.717) is 28.6 Å². The third-order valence-electron chi connectivity index (χ3n) is 5.01. The van der Waals surface area contributed by atoms with Crippen molar-refractivity contribution < 1.29 is 18.0 Å². The summed E-state index contributed by atoms with van der Waals surface area (Å²) in [6, 6.07) is 12.5. The molecule has 0 spiro atoms. The molecular weight excluding hydrogens is 485 g/mol. The second-order valence-corrected chi connectivity index (χ2v) is 10.3. The number of hydrogen-bond donors (Lipinski definition) is 1. The fraction of sp³-hybridized carbons (Fsp3) is 0.391. The van der Waals surface area contributed by atoms with Gasteiger partial charge in [-0.2, -0.15) is 0 Å². The molecule has 0 heterocycles. The number of carbonyl (C=O) groups excluding carboxylic acids is 2. The van der Waals surface area contributed by atoms with Crippen molar-refractivity contribution in [3.63, 3.8) is 0 Å². The Labute approximate surface area is 205 Å². The Bertz CT molecular complexity index is 1080. The number of benzene rings is 2. The molecule has 2 aromatic rings. The normalized spacial score (nSPS) is 12.2. The number of nitrogens with one attached hydrogen (secondary N) is 1. The second-order valence-electron chi connectivity index (χ2n) is 7.58. The quantitative estimate of drug-likeness (QED) is 0.490. The monoisotopic (exact) mass is 513 g/mol. The molecule has 7 nitrogen and oxygen atoms in total. The van der Waals surface area contributed by atoms with Gasteiger partial charge in [0.2, 0.25) is 21.8 Å². The number of anilines is 1. The van der Waals surface area contributed by atoms with E-state index in [1.165, 1.54) is 11.0 Å². The highest BCUT2D eigenvalue weighted by molar-refractivity contribution is 7.92. The van der Waals surface area contributed by atoms with Crippen molar-refractivity contribution in [2.45, 2.75) is 39.3 Å². The minimum Gasteiger partial charge on any atom is -0.354 e. The van der Waals surface area contributed by atoms with E-state index in [0.717, 1.165) is 17.0 Å². The van der Waals surface area contributed by atoms with Gasteiger partial charge in [0.1, 0.15) is 12.6 Å². The molecule has 0 aromatic heterocycles. The average Bonchev–Trinajstić information content (AvgIpc) is 2.76. The van der Waals surface area contributed by atoms with Gasteiger partial charge in [-0.15, -0.1) is 0 Å². The van der Waals surface area contributed by atoms with Crippen LogP contribution in [-0.4, -0.2) is 50.5 Å². The first-order chi connectivity index (χ1) is 15.6. The molecule has 0 aliphatic rings. The molecule has 0 radical (unpaired) electrons. The van der Waals surface area contributed by atoms with Crippen LogP contribution in [0.5, 0.6) is 0 Å². The number of carbonyl (C=O) groups is 2. The van der Waals surface area contributed by atoms with E-state index in [2.05, 4.69) is 5.32 Å². The Morgan fingerprint density at radius 2 is 1.76 bits per heavy atom. The first kappa shape index (κ1) is 27.0. The zero-order chi connectivity index (χ0) is 24.6. The molecule has 2 amide bonds. The van der Waals surface area contributed by atoms with Crippen LogP contribution in [0, 0.1) is 0 Å². The molecular formula is C23H29Cl2N3O4S. The van der Waals surface area contributed by atoms with Crippen LogP contribution in [0.25, 0.3) is 0 Å². The molecule has 1 unspecified atom stereocenters. The van der Waals surface area contributed by atoms with Crippen molar-refractivity contribution in [3.05, 3.63) is 64.1 Å². The number of nitrogens with zero attached hydrogens (tertiary/aromatic N) is 2. The molecule has 2 aromatic carbocycles. The molecule has 1 N–H and O–H groups in total. The van der Waals surface area contributed by atoms with E-state index in [4.69, 9.17) is 23.2 Å². The second kappa shape index (κ2) is 12.3. The summed E-state index contributed by atoms with van der Waals surface area (Å²) in [6.45, 7) is 3.78. The van der Waals surface area contributed by atoms with Gasteiger partial charge in [0.05, 0.1) is 11.9 Å². The van der Waals surface area contributed by atoms with E-state index in [1.807, 2.05) is 6.92 Å². The lowest BCUT2D eigenvalue weighted by Gasteiger charge is -2.33. The van der Waals surface area contributed by atoms with Crippen LogP contribution in [0.15, 0.2) is 48.5 Å². The molecule has 0 saturated heterocycles. The number of sulfonamides is 1. The fourth-order valence-electron chi connectivity index (χ4n) is 3.34. The Kier molecular flexibility index (Phi) is 10.0. The van der Waals surface area contributed by atoms with Gasteiger partial charge in [-0.05, 0) is 42.7 Å². The van der Waals surface area contributed by atoms with Gasteiger partial charge in [-0.25, -0.2) is 8.42 Å². The maximum atomic E-state index is 13.5. The van der Waals surface area contributed by atoms with Crippen LogP contribution >= 0.6 is 23.2 Å². The minimum absolute atomic E-state index is 0.0592. The minimum atomic E-state index is -3.81. The van der Waals surface area contributed by atoms with Crippen LogP contribution in [0.2, 0.25) is 10.0 Å². The van der Waals surface area contributed by atoms with Crippen LogP contribution < -0.4 is 9.62 Å². The van der Waals surface area contributed by atoms with Gasteiger partial charge in [0.25, 0.3) is 0 Å². The van der Waals surface area contributed by atoms with Gasteiger partial charge in [-0.3, -0.25) is 13.9 Å². The van der Waals surface area contributed by atoms with Gasteiger partial charge in [0.15, 0.2) is 0 Å². The highest BCUT2D eigenvalue weighted by Gasteiger charge is 2.32. The average molecular weight is 514 g/mol. The SMILES string of the molecule is CCCNC(=O)C(CC)N(Cc1ccccc1Cl)C(=O)CN(c1cccc(Cl)c1)S(C)(=O)=O. The Morgan fingerprint density at radius 3 is 2.33 bits per heavy atom. The topological polar surface area (TPSA) is 86.8 Å². The van der Waals surface area contributed by atoms with E-state index in [-0.39, 0.29) is 18.1 Å². The zero-order valence-electron chi connectivity index (χ0n) is 18.9. The first-order valence-electron chi connectivity index (χ1n) is 10.6. The summed E-state index contributed by atoms with van der Waals surface area (Å²) in [7, 11) is -3.81. The number of amides is 2. The van der Waals surface area contributed by atoms with E-state index in [9.17, 15) is 18.0 Å². The first-order valence-corrected chi connectivity index (χ1v) is 13.2. The van der Waals surface area contributed by atoms with Crippen LogP contribution in [0.4, 0.5) is 5.69 Å². The lowest BCUT2D eigenvalue weighted by atomic mass is 10.1. The van der Waals surface area contributed by atoms with Crippen molar-refractivity contribution in [2.75, 3.05) is 23.7 Å². The third-order valence-corrected chi connectivity index (χ3v) is 6.75. The molecule has 0 aliphatic carbocycles. The highest BCUT2D eigenvalue weighted by Crippen LogP contribution is 2.24. The standard InChI is InChI=1S/C23H29Cl2N3O4S/c1-4-13-26-23(30)21(5-2)27(15-17-9-6-7-12-20(17)25)22(29)16-28(33(3,31)32)19-11-8-10-18(24)14-19/h6-12,14,21H,4-5,13,15-16H2,1-3H3,(H,26,30). The molecule has 0 aliphatic heterocycles. The van der Waals surface area contributed by atoms with Crippen molar-refractivity contribution in [2.24, 2.45) is 0 Å². The Balaban J connectivity index is 2.44. The Morgan fingerprint density at radius 1 is 1.06 bits per heavy atom. The van der Waals surface area contributed by atoms with Crippen LogP contribution in [-0.2, 0) is 26.2 Å². The zero-order valence-corrected chi connectivity index (χ0v) is 21.3. The van der Waals surface area contributed by atoms with E-state index in [1.54, 1.807) is 49.4 Å². The van der Waals surface area contributed by atoms with Gasteiger partial charge >= 0.3 is 0 Å². The van der Waals surface area contributed by atoms with Crippen LogP contribution in [0.1, 0.15) is 32.3 Å². The summed E-state index contributed by atoms with van der Waals surface area (Å²) in [5.41, 5.74) is 0.919. The van der Waals surface area contributed by atoms with Crippen molar-refractivity contribution >= 4 is 50.7 Å². The molecule has 0 bridgehead atoms. The fourth-order valence-corrected chi connectivity index (χ4v) is 4.56. The lowest BCUT2D eigenvalue weighted by molar-refractivity contribution is -0.140. The number of rotatable bonds is 11. The molecule has 33 heavy (non-hydrogen) atoms. The lowest BCUT2D eigenvalue weighted by Crippen LogP contribution is -2.52. The smallest absolute Gasteiger partial charge is 0.244 e. The summed E-state index contributed by atoms with van der Waals surface area (Å²) >= 11 is 12.4. The number of hydrogen-bond acceptors (Lipinski definition) is 4. The molecule has 180 valence electrons. The summed E-state index contributed by atoms with van der Waals surface area (Å²) in [5.74, 6) is -0.827. The molecule has 1 atom stereocenters. The summed E-state index contributed by atoms with van der Waals surface area (Å²) in [4.78, 5) is 27.8. The summed E-state index contributed by atoms with van der Waals surface area (Å²) in [6.07, 6.45) is 2.11. The van der Waals surface area contributed by atoms with Crippen molar-refractivity contribution in [3.8, 4) is 0 Å². The van der Waals surface area contributed by atoms with Gasteiger partial charge in [0, 0.05) is 23.1 Å². The predicted octanol–water partition coefficient (Wildman–Crippen LogP) is 4.09. The largest absolute Gasteiger partial charge is 0.354 e. The summed E-state index contributed by atoms with van der Waals surface area (Å²) < 4.78 is 26.1. The highest BCUT2D eigenvalue weighted by atomic mass is 35.5. The summed E-state index contributed by atoms with van der Waals surface area (Å²) in [5, 5.41) is 3.62. The van der Waals surface area contributed by atoms with E-state index >= 15 is 0 Å². The van der Waals surface area contributed by atoms with Crippen molar-refractivity contribution in [1.82, 2.24) is 10.2 Å². The molecule has 10 heteroatoms. The molecule has 2 rings (SSSR count). The predicted molar refractivity (Wildman–Crippen MR) is 133 cm³/mol. The van der Waals surface area contributed by atoms with Crippen LogP contribution in [0.3, 0.4) is 0 Å².